The molecule has 128 valence electrons. The van der Waals surface area contributed by atoms with Crippen molar-refractivity contribution >= 4 is 28.5 Å². The number of ether oxygens (including phenoxy) is 2. The lowest BCUT2D eigenvalue weighted by atomic mass is 10.1. The maximum atomic E-state index is 12.0. The number of aromatic nitrogens is 2. The fourth-order valence-corrected chi connectivity index (χ4v) is 2.97. The first-order valence-corrected chi connectivity index (χ1v) is 8.37. The molecule has 0 spiro atoms. The van der Waals surface area contributed by atoms with Crippen molar-refractivity contribution in [3.8, 4) is 11.5 Å². The third kappa shape index (κ3) is 5.06. The zero-order valence-electron chi connectivity index (χ0n) is 14.2. The normalized spacial score (nSPS) is 11.0. The molecule has 1 aromatic heterocycles. The number of hydrogen-bond acceptors (Lipinski definition) is 6. The van der Waals surface area contributed by atoms with Crippen LogP contribution in [-0.4, -0.2) is 30.3 Å². The molecule has 0 radical (unpaired) electrons. The number of benzene rings is 1. The maximum absolute atomic E-state index is 12.0. The molecular weight excluding hydrogens is 326 g/mol. The van der Waals surface area contributed by atoms with Gasteiger partial charge in [-0.2, -0.15) is 0 Å². The molecule has 24 heavy (non-hydrogen) atoms. The second-order valence-electron chi connectivity index (χ2n) is 5.54. The van der Waals surface area contributed by atoms with E-state index in [1.807, 2.05) is 6.07 Å². The first-order chi connectivity index (χ1) is 11.5. The van der Waals surface area contributed by atoms with Crippen molar-refractivity contribution in [3.05, 3.63) is 34.8 Å². The van der Waals surface area contributed by atoms with Crippen LogP contribution in [0.2, 0.25) is 0 Å². The third-order valence-corrected chi connectivity index (χ3v) is 3.98. The smallest absolute Gasteiger partial charge is 0.250 e. The van der Waals surface area contributed by atoms with Crippen molar-refractivity contribution in [1.82, 2.24) is 10.2 Å². The highest BCUT2D eigenvalue weighted by molar-refractivity contribution is 7.15. The molecule has 0 unspecified atom stereocenters. The van der Waals surface area contributed by atoms with Gasteiger partial charge in [0.05, 0.1) is 14.2 Å². The van der Waals surface area contributed by atoms with Crippen LogP contribution in [0.4, 0.5) is 5.13 Å². The molecular formula is C17H21N3O3S. The Hall–Kier alpha value is -2.41. The topological polar surface area (TPSA) is 73.3 Å². The van der Waals surface area contributed by atoms with Crippen LogP contribution < -0.4 is 14.8 Å². The minimum atomic E-state index is -0.253. The van der Waals surface area contributed by atoms with Crippen molar-refractivity contribution in [3.63, 3.8) is 0 Å². The maximum Gasteiger partial charge on any atom is 0.250 e. The lowest BCUT2D eigenvalue weighted by Crippen LogP contribution is -2.07. The Morgan fingerprint density at radius 1 is 1.25 bits per heavy atom. The van der Waals surface area contributed by atoms with Crippen molar-refractivity contribution in [2.45, 2.75) is 20.3 Å². The van der Waals surface area contributed by atoms with Gasteiger partial charge in [-0.3, -0.25) is 10.1 Å². The van der Waals surface area contributed by atoms with Gasteiger partial charge < -0.3 is 9.47 Å². The summed E-state index contributed by atoms with van der Waals surface area (Å²) in [6.07, 6.45) is 4.01. The standard InChI is InChI=1S/C17H21N3O3S/c1-11(2)9-16-19-20-17(24-16)18-15(21)8-6-12-5-7-13(22-3)14(10-12)23-4/h5-8,10-11H,9H2,1-4H3,(H,18,20,21). The van der Waals surface area contributed by atoms with Crippen LogP contribution in [0.15, 0.2) is 24.3 Å². The minimum Gasteiger partial charge on any atom is -0.493 e. The van der Waals surface area contributed by atoms with Gasteiger partial charge in [-0.1, -0.05) is 31.3 Å². The Kier molecular flexibility index (Phi) is 6.31. The van der Waals surface area contributed by atoms with Crippen molar-refractivity contribution in [1.29, 1.82) is 0 Å². The van der Waals surface area contributed by atoms with Crippen LogP contribution in [0.5, 0.6) is 11.5 Å². The van der Waals surface area contributed by atoms with E-state index in [-0.39, 0.29) is 5.91 Å². The number of carbonyl (C=O) groups is 1. The molecule has 2 rings (SSSR count). The van der Waals surface area contributed by atoms with Gasteiger partial charge in [-0.15, -0.1) is 10.2 Å². The van der Waals surface area contributed by atoms with E-state index in [4.69, 9.17) is 9.47 Å². The van der Waals surface area contributed by atoms with E-state index in [9.17, 15) is 4.79 Å². The summed E-state index contributed by atoms with van der Waals surface area (Å²) in [5.74, 6) is 1.51. The largest absolute Gasteiger partial charge is 0.493 e. The van der Waals surface area contributed by atoms with E-state index in [0.29, 0.717) is 22.5 Å². The number of nitrogens with zero attached hydrogens (tertiary/aromatic N) is 2. The van der Waals surface area contributed by atoms with Gasteiger partial charge in [0.1, 0.15) is 5.01 Å². The summed E-state index contributed by atoms with van der Waals surface area (Å²) in [4.78, 5) is 12.0. The molecule has 0 atom stereocenters. The second kappa shape index (κ2) is 8.44. The zero-order valence-corrected chi connectivity index (χ0v) is 15.0. The number of amides is 1. The van der Waals surface area contributed by atoms with Gasteiger partial charge in [0, 0.05) is 12.5 Å². The molecule has 1 N–H and O–H groups in total. The van der Waals surface area contributed by atoms with Crippen molar-refractivity contribution in [2.24, 2.45) is 5.92 Å². The highest BCUT2D eigenvalue weighted by Crippen LogP contribution is 2.28. The summed E-state index contributed by atoms with van der Waals surface area (Å²) >= 11 is 1.40. The molecule has 0 aliphatic rings. The van der Waals surface area contributed by atoms with Gasteiger partial charge >= 0.3 is 0 Å². The molecule has 1 amide bonds. The summed E-state index contributed by atoms with van der Waals surface area (Å²) in [5, 5.41) is 12.2. The van der Waals surface area contributed by atoms with Crippen LogP contribution in [0.1, 0.15) is 24.4 Å². The Balaban J connectivity index is 1.99. The quantitative estimate of drug-likeness (QED) is 0.777. The molecule has 7 heteroatoms. The lowest BCUT2D eigenvalue weighted by Gasteiger charge is -2.07. The first kappa shape index (κ1) is 17.9. The van der Waals surface area contributed by atoms with Crippen molar-refractivity contribution < 1.29 is 14.3 Å². The molecule has 0 aliphatic heterocycles. The molecule has 1 aromatic carbocycles. The summed E-state index contributed by atoms with van der Waals surface area (Å²) in [7, 11) is 3.15. The Morgan fingerprint density at radius 3 is 2.67 bits per heavy atom. The van der Waals surface area contributed by atoms with Gasteiger partial charge in [0.2, 0.25) is 11.0 Å². The van der Waals surface area contributed by atoms with E-state index >= 15 is 0 Å². The minimum absolute atomic E-state index is 0.253. The Labute approximate surface area is 145 Å². The zero-order chi connectivity index (χ0) is 17.5. The molecule has 6 nitrogen and oxygen atoms in total. The van der Waals surface area contributed by atoms with E-state index < -0.39 is 0 Å². The summed E-state index contributed by atoms with van der Waals surface area (Å²) in [6, 6.07) is 5.43. The van der Waals surface area contributed by atoms with Gasteiger partial charge in [-0.25, -0.2) is 0 Å². The van der Waals surface area contributed by atoms with E-state index in [1.165, 1.54) is 17.4 Å². The molecule has 0 bridgehead atoms. The van der Waals surface area contributed by atoms with Crippen LogP contribution in [0.25, 0.3) is 6.08 Å². The molecule has 0 saturated carbocycles. The number of anilines is 1. The fraction of sp³-hybridized carbons (Fsp3) is 0.353. The monoisotopic (exact) mass is 347 g/mol. The van der Waals surface area contributed by atoms with E-state index in [0.717, 1.165) is 17.0 Å². The van der Waals surface area contributed by atoms with Crippen LogP contribution in [-0.2, 0) is 11.2 Å². The number of carbonyl (C=O) groups excluding carboxylic acids is 1. The Morgan fingerprint density at radius 2 is 2.00 bits per heavy atom. The molecule has 0 aliphatic carbocycles. The number of hydrogen-bond donors (Lipinski definition) is 1. The SMILES string of the molecule is COc1ccc(C=CC(=O)Nc2nnc(CC(C)C)s2)cc1OC. The van der Waals surface area contributed by atoms with Crippen LogP contribution in [0.3, 0.4) is 0 Å². The highest BCUT2D eigenvalue weighted by atomic mass is 32.1. The molecule has 2 aromatic rings. The number of rotatable bonds is 7. The number of nitrogens with one attached hydrogen (secondary N) is 1. The van der Waals surface area contributed by atoms with Crippen LogP contribution in [0, 0.1) is 5.92 Å². The second-order valence-corrected chi connectivity index (χ2v) is 6.60. The Bertz CT molecular complexity index is 726. The summed E-state index contributed by atoms with van der Waals surface area (Å²) < 4.78 is 10.4. The van der Waals surface area contributed by atoms with Crippen molar-refractivity contribution in [2.75, 3.05) is 19.5 Å². The van der Waals surface area contributed by atoms with Gasteiger partial charge in [0.25, 0.3) is 0 Å². The molecule has 1 heterocycles. The average molecular weight is 347 g/mol. The summed E-state index contributed by atoms with van der Waals surface area (Å²) in [5.41, 5.74) is 0.834. The predicted octanol–water partition coefficient (Wildman–Crippen LogP) is 3.41. The average Bonchev–Trinajstić information content (AvgIpc) is 2.98. The highest BCUT2D eigenvalue weighted by Gasteiger charge is 2.08. The predicted molar refractivity (Wildman–Crippen MR) is 95.7 cm³/mol. The third-order valence-electron chi connectivity index (χ3n) is 3.11. The summed E-state index contributed by atoms with van der Waals surface area (Å²) in [6.45, 7) is 4.23. The van der Waals surface area contributed by atoms with E-state index in [1.54, 1.807) is 32.4 Å². The van der Waals surface area contributed by atoms with Gasteiger partial charge in [0.15, 0.2) is 11.5 Å². The number of methoxy groups -OCH3 is 2. The van der Waals surface area contributed by atoms with Gasteiger partial charge in [-0.05, 0) is 29.7 Å². The molecule has 0 saturated heterocycles. The molecule has 0 fully saturated rings. The van der Waals surface area contributed by atoms with E-state index in [2.05, 4.69) is 29.4 Å². The lowest BCUT2D eigenvalue weighted by molar-refractivity contribution is -0.111. The first-order valence-electron chi connectivity index (χ1n) is 7.55. The fourth-order valence-electron chi connectivity index (χ4n) is 2.01. The van der Waals surface area contributed by atoms with Crippen LogP contribution >= 0.6 is 11.3 Å².